The molecule has 2 rings (SSSR count). The van der Waals surface area contributed by atoms with E-state index in [1.165, 1.54) is 38.8 Å². The Hall–Kier alpha value is -0.610. The molecule has 2 atom stereocenters. The second-order valence-corrected chi connectivity index (χ2v) is 6.44. The Labute approximate surface area is 122 Å². The monoisotopic (exact) mass is 282 g/mol. The predicted molar refractivity (Wildman–Crippen MR) is 80.9 cm³/mol. The lowest BCUT2D eigenvalue weighted by Gasteiger charge is -2.33. The number of carboxylic acid groups (broad SMARTS) is 1. The van der Waals surface area contributed by atoms with Gasteiger partial charge < -0.3 is 15.3 Å². The number of hydrogen-bond acceptors (Lipinski definition) is 3. The zero-order valence-corrected chi connectivity index (χ0v) is 12.9. The molecule has 20 heavy (non-hydrogen) atoms. The van der Waals surface area contributed by atoms with E-state index < -0.39 is 11.5 Å². The summed E-state index contributed by atoms with van der Waals surface area (Å²) in [5.74, 6) is -0.346. The lowest BCUT2D eigenvalue weighted by Crippen LogP contribution is -2.55. The van der Waals surface area contributed by atoms with Crippen LogP contribution in [0.1, 0.15) is 58.3 Å². The van der Waals surface area contributed by atoms with Crippen molar-refractivity contribution in [2.75, 3.05) is 26.2 Å². The minimum absolute atomic E-state index is 0.295. The standard InChI is InChI=1S/C16H30N2O2/c1-2-17-16(15(19)20)10-7-8-14(16)9-13-18-11-5-3-4-6-12-18/h14,17H,2-13H2,1H3,(H,19,20). The highest BCUT2D eigenvalue weighted by atomic mass is 16.4. The molecule has 4 nitrogen and oxygen atoms in total. The lowest BCUT2D eigenvalue weighted by molar-refractivity contribution is -0.146. The molecule has 2 fully saturated rings. The first-order chi connectivity index (χ1) is 9.69. The Bertz CT molecular complexity index is 314. The van der Waals surface area contributed by atoms with Crippen LogP contribution in [0.5, 0.6) is 0 Å². The van der Waals surface area contributed by atoms with Crippen LogP contribution in [0.3, 0.4) is 0 Å². The number of rotatable bonds is 6. The van der Waals surface area contributed by atoms with E-state index in [0.29, 0.717) is 5.92 Å². The van der Waals surface area contributed by atoms with E-state index >= 15 is 0 Å². The summed E-state index contributed by atoms with van der Waals surface area (Å²) in [7, 11) is 0. The first-order valence-electron chi connectivity index (χ1n) is 8.40. The zero-order valence-electron chi connectivity index (χ0n) is 12.9. The highest BCUT2D eigenvalue weighted by Gasteiger charge is 2.48. The van der Waals surface area contributed by atoms with Crippen LogP contribution in [-0.2, 0) is 4.79 Å². The van der Waals surface area contributed by atoms with Crippen molar-refractivity contribution in [2.24, 2.45) is 5.92 Å². The number of carboxylic acids is 1. The normalized spacial score (nSPS) is 32.1. The number of aliphatic carboxylic acids is 1. The third-order valence-electron chi connectivity index (χ3n) is 5.19. The van der Waals surface area contributed by atoms with Gasteiger partial charge in [-0.15, -0.1) is 0 Å². The van der Waals surface area contributed by atoms with Crippen molar-refractivity contribution in [2.45, 2.75) is 63.8 Å². The molecule has 0 radical (unpaired) electrons. The fourth-order valence-electron chi connectivity index (χ4n) is 4.07. The number of hydrogen-bond donors (Lipinski definition) is 2. The third kappa shape index (κ3) is 3.53. The number of likely N-dealkylation sites (N-methyl/N-ethyl adjacent to an activating group) is 1. The highest BCUT2D eigenvalue weighted by Crippen LogP contribution is 2.38. The Kier molecular flexibility index (Phi) is 5.85. The molecule has 2 unspecified atom stereocenters. The zero-order chi connectivity index (χ0) is 14.4. The SMILES string of the molecule is CCNC1(C(=O)O)CCCC1CCN1CCCCCC1. The van der Waals surface area contributed by atoms with E-state index in [4.69, 9.17) is 0 Å². The Balaban J connectivity index is 1.91. The summed E-state index contributed by atoms with van der Waals surface area (Å²) in [6.07, 6.45) is 9.26. The van der Waals surface area contributed by atoms with Gasteiger partial charge in [0.1, 0.15) is 5.54 Å². The minimum Gasteiger partial charge on any atom is -0.480 e. The smallest absolute Gasteiger partial charge is 0.324 e. The maximum absolute atomic E-state index is 11.8. The first-order valence-corrected chi connectivity index (χ1v) is 8.40. The third-order valence-corrected chi connectivity index (χ3v) is 5.19. The van der Waals surface area contributed by atoms with Gasteiger partial charge in [0.2, 0.25) is 0 Å². The fraction of sp³-hybridized carbons (Fsp3) is 0.938. The molecule has 0 aromatic rings. The van der Waals surface area contributed by atoms with E-state index in [0.717, 1.165) is 38.8 Å². The molecule has 0 aromatic heterocycles. The first kappa shape index (κ1) is 15.8. The van der Waals surface area contributed by atoms with Gasteiger partial charge in [-0.3, -0.25) is 4.79 Å². The summed E-state index contributed by atoms with van der Waals surface area (Å²) in [5.41, 5.74) is -0.652. The van der Waals surface area contributed by atoms with Crippen molar-refractivity contribution >= 4 is 5.97 Å². The Morgan fingerprint density at radius 2 is 1.95 bits per heavy atom. The second kappa shape index (κ2) is 7.41. The van der Waals surface area contributed by atoms with E-state index in [-0.39, 0.29) is 0 Å². The van der Waals surface area contributed by atoms with Gasteiger partial charge >= 0.3 is 5.97 Å². The van der Waals surface area contributed by atoms with E-state index in [1.807, 2.05) is 6.92 Å². The number of likely N-dealkylation sites (tertiary alicyclic amines) is 1. The van der Waals surface area contributed by atoms with Crippen molar-refractivity contribution in [1.29, 1.82) is 0 Å². The van der Waals surface area contributed by atoms with Crippen LogP contribution in [0.25, 0.3) is 0 Å². The van der Waals surface area contributed by atoms with Crippen molar-refractivity contribution in [1.82, 2.24) is 10.2 Å². The molecule has 0 aromatic carbocycles. The topological polar surface area (TPSA) is 52.6 Å². The molecular weight excluding hydrogens is 252 g/mol. The second-order valence-electron chi connectivity index (χ2n) is 6.44. The molecule has 1 heterocycles. The maximum Gasteiger partial charge on any atom is 0.324 e. The van der Waals surface area contributed by atoms with Crippen LogP contribution in [0.4, 0.5) is 0 Å². The number of carbonyl (C=O) groups is 1. The lowest BCUT2D eigenvalue weighted by atomic mass is 9.84. The van der Waals surface area contributed by atoms with Crippen LogP contribution >= 0.6 is 0 Å². The van der Waals surface area contributed by atoms with Crippen LogP contribution < -0.4 is 5.32 Å². The molecular formula is C16H30N2O2. The molecule has 2 aliphatic rings. The highest BCUT2D eigenvalue weighted by molar-refractivity contribution is 5.79. The molecule has 1 aliphatic carbocycles. The van der Waals surface area contributed by atoms with Gasteiger partial charge in [0.05, 0.1) is 0 Å². The molecule has 2 N–H and O–H groups in total. The summed E-state index contributed by atoms with van der Waals surface area (Å²) in [6, 6.07) is 0. The Morgan fingerprint density at radius 1 is 1.25 bits per heavy atom. The number of nitrogens with zero attached hydrogens (tertiary/aromatic N) is 1. The van der Waals surface area contributed by atoms with Gasteiger partial charge in [-0.25, -0.2) is 0 Å². The molecule has 116 valence electrons. The summed E-state index contributed by atoms with van der Waals surface area (Å²) in [6.45, 7) is 6.23. The van der Waals surface area contributed by atoms with Crippen molar-refractivity contribution in [3.8, 4) is 0 Å². The minimum atomic E-state index is -0.652. The van der Waals surface area contributed by atoms with E-state index in [2.05, 4.69) is 10.2 Å². The van der Waals surface area contributed by atoms with Crippen molar-refractivity contribution in [3.05, 3.63) is 0 Å². The van der Waals surface area contributed by atoms with E-state index in [1.54, 1.807) is 0 Å². The summed E-state index contributed by atoms with van der Waals surface area (Å²) >= 11 is 0. The van der Waals surface area contributed by atoms with Gasteiger partial charge in [0.15, 0.2) is 0 Å². The summed E-state index contributed by atoms with van der Waals surface area (Å²) < 4.78 is 0. The van der Waals surface area contributed by atoms with Gasteiger partial charge in [-0.05, 0) is 64.2 Å². The summed E-state index contributed by atoms with van der Waals surface area (Å²) in [5, 5.41) is 13.0. The van der Waals surface area contributed by atoms with Crippen molar-refractivity contribution in [3.63, 3.8) is 0 Å². The largest absolute Gasteiger partial charge is 0.480 e. The molecule has 1 saturated carbocycles. The van der Waals surface area contributed by atoms with Crippen molar-refractivity contribution < 1.29 is 9.90 Å². The van der Waals surface area contributed by atoms with E-state index in [9.17, 15) is 9.90 Å². The van der Waals surface area contributed by atoms with Crippen LogP contribution in [-0.4, -0.2) is 47.7 Å². The van der Waals surface area contributed by atoms with Crippen LogP contribution in [0, 0.1) is 5.92 Å². The maximum atomic E-state index is 11.8. The summed E-state index contributed by atoms with van der Waals surface area (Å²) in [4.78, 5) is 14.3. The predicted octanol–water partition coefficient (Wildman–Crippen LogP) is 2.49. The quantitative estimate of drug-likeness (QED) is 0.786. The molecule has 0 amide bonds. The molecule has 1 saturated heterocycles. The fourth-order valence-corrected chi connectivity index (χ4v) is 4.07. The van der Waals surface area contributed by atoms with Gasteiger partial charge in [0, 0.05) is 0 Å². The molecule has 0 spiro atoms. The van der Waals surface area contributed by atoms with Gasteiger partial charge in [-0.1, -0.05) is 26.2 Å². The van der Waals surface area contributed by atoms with Crippen LogP contribution in [0.15, 0.2) is 0 Å². The average molecular weight is 282 g/mol. The average Bonchev–Trinajstić information content (AvgIpc) is 2.67. The molecule has 4 heteroatoms. The molecule has 0 bridgehead atoms. The Morgan fingerprint density at radius 3 is 2.55 bits per heavy atom. The van der Waals surface area contributed by atoms with Gasteiger partial charge in [0.25, 0.3) is 0 Å². The number of nitrogens with one attached hydrogen (secondary N) is 1. The van der Waals surface area contributed by atoms with Gasteiger partial charge in [-0.2, -0.15) is 0 Å². The van der Waals surface area contributed by atoms with Crippen LogP contribution in [0.2, 0.25) is 0 Å². The molecule has 1 aliphatic heterocycles.